The first-order chi connectivity index (χ1) is 15.4. The molecule has 10 heteroatoms. The number of thiol groups is 1. The van der Waals surface area contributed by atoms with E-state index in [1.165, 1.54) is 31.5 Å². The minimum Gasteiger partial charge on any atom is -0.504 e. The Kier molecular flexibility index (Phi) is 5.78. The molecule has 162 valence electrons. The van der Waals surface area contributed by atoms with Gasteiger partial charge in [-0.15, -0.1) is 0 Å². The maximum atomic E-state index is 14.1. The molecule has 8 nitrogen and oxygen atoms in total. The SMILES string of the molecule is COc1cc(-c2ccc3ncc(NC(=O)N(S)c4cc(C)ccc4F)nc3n2)ccc1O. The number of aryl methyl sites for hydroxylation is 1. The number of nitrogens with one attached hydrogen (secondary N) is 1. The quantitative estimate of drug-likeness (QED) is 0.388. The average molecular weight is 451 g/mol. The molecule has 0 radical (unpaired) electrons. The van der Waals surface area contributed by atoms with E-state index in [9.17, 15) is 14.3 Å². The molecule has 0 atom stereocenters. The maximum absolute atomic E-state index is 14.1. The number of ether oxygens (including phenoxy) is 1. The van der Waals surface area contributed by atoms with Gasteiger partial charge in [0, 0.05) is 5.56 Å². The predicted molar refractivity (Wildman–Crippen MR) is 123 cm³/mol. The molecular weight excluding hydrogens is 433 g/mol. The van der Waals surface area contributed by atoms with E-state index in [0.29, 0.717) is 28.2 Å². The molecule has 2 aromatic heterocycles. The monoisotopic (exact) mass is 451 g/mol. The van der Waals surface area contributed by atoms with Crippen LogP contribution >= 0.6 is 12.8 Å². The number of nitrogens with zero attached hydrogens (tertiary/aromatic N) is 4. The molecule has 4 rings (SSSR count). The molecule has 0 saturated carbocycles. The van der Waals surface area contributed by atoms with Crippen molar-refractivity contribution < 1.29 is 19.0 Å². The molecular formula is C22H18FN5O3S. The molecule has 4 aromatic rings. The number of amides is 2. The van der Waals surface area contributed by atoms with Crippen LogP contribution in [0.25, 0.3) is 22.4 Å². The van der Waals surface area contributed by atoms with Crippen molar-refractivity contribution in [3.8, 4) is 22.8 Å². The fourth-order valence-electron chi connectivity index (χ4n) is 3.01. The smallest absolute Gasteiger partial charge is 0.337 e. The van der Waals surface area contributed by atoms with Crippen LogP contribution in [-0.2, 0) is 0 Å². The normalized spacial score (nSPS) is 10.8. The summed E-state index contributed by atoms with van der Waals surface area (Å²) >= 11 is 4.11. The Morgan fingerprint density at radius 1 is 1.16 bits per heavy atom. The summed E-state index contributed by atoms with van der Waals surface area (Å²) in [6.07, 6.45) is 1.37. The van der Waals surface area contributed by atoms with Crippen molar-refractivity contribution in [2.24, 2.45) is 0 Å². The van der Waals surface area contributed by atoms with Crippen LogP contribution in [0.4, 0.5) is 20.7 Å². The number of anilines is 2. The molecule has 0 spiro atoms. The van der Waals surface area contributed by atoms with Gasteiger partial charge in [-0.2, -0.15) is 0 Å². The van der Waals surface area contributed by atoms with Crippen molar-refractivity contribution in [3.05, 3.63) is 66.1 Å². The molecule has 0 aliphatic heterocycles. The van der Waals surface area contributed by atoms with Crippen molar-refractivity contribution in [1.82, 2.24) is 15.0 Å². The summed E-state index contributed by atoms with van der Waals surface area (Å²) in [6, 6.07) is 12.0. The minimum atomic E-state index is -0.703. The second-order valence-electron chi connectivity index (χ2n) is 6.88. The minimum absolute atomic E-state index is 0.0151. The Balaban J connectivity index is 1.61. The zero-order valence-electron chi connectivity index (χ0n) is 17.1. The zero-order chi connectivity index (χ0) is 22.8. The van der Waals surface area contributed by atoms with E-state index in [-0.39, 0.29) is 17.3 Å². The van der Waals surface area contributed by atoms with E-state index >= 15 is 0 Å². The highest BCUT2D eigenvalue weighted by Crippen LogP contribution is 2.31. The number of benzene rings is 2. The number of aromatic hydroxyl groups is 1. The number of phenolic OH excluding ortho intramolecular Hbond substituents is 1. The molecule has 0 fully saturated rings. The molecule has 32 heavy (non-hydrogen) atoms. The van der Waals surface area contributed by atoms with Gasteiger partial charge < -0.3 is 9.84 Å². The predicted octanol–water partition coefficient (Wildman–Crippen LogP) is 4.74. The summed E-state index contributed by atoms with van der Waals surface area (Å²) < 4.78 is 20.1. The standard InChI is InChI=1S/C22H18FN5O3S/c1-12-3-5-14(23)17(9-12)28(32)22(30)27-20-11-24-16-7-6-15(25-21(16)26-20)13-4-8-18(29)19(10-13)31-2/h3-11,29,32H,1-2H3,(H,25,26,27,30). The van der Waals surface area contributed by atoms with Gasteiger partial charge in [0.25, 0.3) is 0 Å². The van der Waals surface area contributed by atoms with Crippen LogP contribution in [0.3, 0.4) is 0 Å². The van der Waals surface area contributed by atoms with E-state index in [4.69, 9.17) is 4.74 Å². The van der Waals surface area contributed by atoms with Crippen LogP contribution in [0.1, 0.15) is 5.56 Å². The molecule has 2 heterocycles. The lowest BCUT2D eigenvalue weighted by Gasteiger charge is -2.17. The van der Waals surface area contributed by atoms with Gasteiger partial charge in [-0.05, 0) is 55.0 Å². The Hall–Kier alpha value is -3.92. The molecule has 0 aliphatic carbocycles. The second-order valence-corrected chi connectivity index (χ2v) is 7.28. The molecule has 2 aromatic carbocycles. The van der Waals surface area contributed by atoms with Gasteiger partial charge in [0.15, 0.2) is 23.0 Å². The van der Waals surface area contributed by atoms with Gasteiger partial charge in [-0.25, -0.2) is 28.4 Å². The Labute approximate surface area is 188 Å². The largest absolute Gasteiger partial charge is 0.504 e. The number of methoxy groups -OCH3 is 1. The summed E-state index contributed by atoms with van der Waals surface area (Å²) in [5.41, 5.74) is 2.88. The summed E-state index contributed by atoms with van der Waals surface area (Å²) in [4.78, 5) is 25.6. The first-order valence-electron chi connectivity index (χ1n) is 9.43. The van der Waals surface area contributed by atoms with Crippen molar-refractivity contribution in [2.45, 2.75) is 6.92 Å². The number of carbonyl (C=O) groups excluding carboxylic acids is 1. The third-order valence-corrected chi connectivity index (χ3v) is 5.04. The summed E-state index contributed by atoms with van der Waals surface area (Å²) in [5, 5.41) is 12.3. The lowest BCUT2D eigenvalue weighted by molar-refractivity contribution is 0.260. The highest BCUT2D eigenvalue weighted by Gasteiger charge is 2.17. The van der Waals surface area contributed by atoms with E-state index in [2.05, 4.69) is 33.1 Å². The van der Waals surface area contributed by atoms with Crippen LogP contribution < -0.4 is 14.4 Å². The topological polar surface area (TPSA) is 100 Å². The number of pyridine rings is 1. The Morgan fingerprint density at radius 2 is 1.97 bits per heavy atom. The highest BCUT2D eigenvalue weighted by molar-refractivity contribution is 7.82. The Morgan fingerprint density at radius 3 is 2.75 bits per heavy atom. The van der Waals surface area contributed by atoms with E-state index in [1.54, 1.807) is 37.3 Å². The van der Waals surface area contributed by atoms with Crippen molar-refractivity contribution >= 4 is 41.5 Å². The third-order valence-electron chi connectivity index (χ3n) is 4.64. The van der Waals surface area contributed by atoms with Crippen molar-refractivity contribution in [1.29, 1.82) is 0 Å². The van der Waals surface area contributed by atoms with Crippen molar-refractivity contribution in [3.63, 3.8) is 0 Å². The number of rotatable bonds is 4. The van der Waals surface area contributed by atoms with Gasteiger partial charge in [0.2, 0.25) is 0 Å². The van der Waals surface area contributed by atoms with Crippen molar-refractivity contribution in [2.75, 3.05) is 16.7 Å². The fraction of sp³-hybridized carbons (Fsp3) is 0.0909. The van der Waals surface area contributed by atoms with E-state index in [0.717, 1.165) is 9.87 Å². The second kappa shape index (κ2) is 8.67. The van der Waals surface area contributed by atoms with E-state index in [1.807, 2.05) is 0 Å². The van der Waals surface area contributed by atoms with Gasteiger partial charge in [0.05, 0.1) is 24.7 Å². The number of carbonyl (C=O) groups is 1. The molecule has 0 aliphatic rings. The molecule has 2 N–H and O–H groups in total. The summed E-state index contributed by atoms with van der Waals surface area (Å²) in [5.74, 6) is -0.125. The number of urea groups is 1. The molecule has 2 amide bonds. The lowest BCUT2D eigenvalue weighted by atomic mass is 10.1. The Bertz CT molecular complexity index is 1330. The first kappa shape index (κ1) is 21.3. The average Bonchev–Trinajstić information content (AvgIpc) is 2.80. The van der Waals surface area contributed by atoms with Crippen LogP contribution in [0.5, 0.6) is 11.5 Å². The van der Waals surface area contributed by atoms with E-state index < -0.39 is 11.8 Å². The number of hydrogen-bond donors (Lipinski definition) is 3. The maximum Gasteiger partial charge on any atom is 0.337 e. The highest BCUT2D eigenvalue weighted by atomic mass is 32.1. The van der Waals surface area contributed by atoms with Crippen LogP contribution in [-0.4, -0.2) is 33.2 Å². The number of hydrogen-bond acceptors (Lipinski definition) is 7. The fourth-order valence-corrected chi connectivity index (χ4v) is 3.22. The van der Waals surface area contributed by atoms with Gasteiger partial charge in [-0.1, -0.05) is 18.9 Å². The first-order valence-corrected chi connectivity index (χ1v) is 9.83. The third kappa shape index (κ3) is 4.26. The summed E-state index contributed by atoms with van der Waals surface area (Å²) in [7, 11) is 1.46. The number of aromatic nitrogens is 3. The number of halogens is 1. The number of fused-ring (bicyclic) bond motifs is 1. The molecule has 0 saturated heterocycles. The van der Waals surface area contributed by atoms with Gasteiger partial charge in [-0.3, -0.25) is 5.32 Å². The molecule has 0 unspecified atom stereocenters. The lowest BCUT2D eigenvalue weighted by Crippen LogP contribution is -2.28. The number of phenols is 1. The zero-order valence-corrected chi connectivity index (χ0v) is 18.0. The van der Waals surface area contributed by atoms with Gasteiger partial charge in [0.1, 0.15) is 11.3 Å². The summed E-state index contributed by atoms with van der Waals surface area (Å²) in [6.45, 7) is 1.78. The van der Waals surface area contributed by atoms with Crippen LogP contribution in [0.15, 0.2) is 54.7 Å². The molecule has 0 bridgehead atoms. The van der Waals surface area contributed by atoms with Crippen LogP contribution in [0.2, 0.25) is 0 Å². The van der Waals surface area contributed by atoms with Gasteiger partial charge >= 0.3 is 6.03 Å². The van der Waals surface area contributed by atoms with Crippen LogP contribution in [0, 0.1) is 12.7 Å².